The van der Waals surface area contributed by atoms with Crippen molar-refractivity contribution in [2.45, 2.75) is 38.6 Å². The quantitative estimate of drug-likeness (QED) is 0.804. The molecule has 2 aliphatic rings. The summed E-state index contributed by atoms with van der Waals surface area (Å²) in [6.07, 6.45) is 5.22. The van der Waals surface area contributed by atoms with Crippen LogP contribution < -0.4 is 5.32 Å². The van der Waals surface area contributed by atoms with E-state index in [0.717, 1.165) is 17.2 Å². The van der Waals surface area contributed by atoms with Gasteiger partial charge in [0.25, 0.3) is 5.91 Å². The number of hydrogen-bond acceptors (Lipinski definition) is 2. The van der Waals surface area contributed by atoms with Crippen LogP contribution in [0.25, 0.3) is 10.1 Å². The van der Waals surface area contributed by atoms with Crippen molar-refractivity contribution in [3.8, 4) is 0 Å². The molecule has 1 aromatic heterocycles. The number of nitrogens with one attached hydrogen (secondary N) is 1. The van der Waals surface area contributed by atoms with Crippen molar-refractivity contribution in [1.82, 2.24) is 5.32 Å². The molecule has 5 heteroatoms. The number of halogens is 2. The van der Waals surface area contributed by atoms with Crippen molar-refractivity contribution in [3.05, 3.63) is 33.9 Å². The topological polar surface area (TPSA) is 29.1 Å². The molecule has 4 atom stereocenters. The summed E-state index contributed by atoms with van der Waals surface area (Å²) in [5.41, 5.74) is 0. The summed E-state index contributed by atoms with van der Waals surface area (Å²) in [6, 6.07) is 4.61. The number of benzene rings is 1. The van der Waals surface area contributed by atoms with E-state index in [1.807, 2.05) is 0 Å². The van der Waals surface area contributed by atoms with E-state index in [0.29, 0.717) is 20.5 Å². The minimum Gasteiger partial charge on any atom is -0.349 e. The van der Waals surface area contributed by atoms with Crippen LogP contribution in [-0.2, 0) is 0 Å². The smallest absolute Gasteiger partial charge is 0.263 e. The molecule has 1 N–H and O–H groups in total. The van der Waals surface area contributed by atoms with E-state index in [2.05, 4.69) is 12.2 Å². The summed E-state index contributed by atoms with van der Waals surface area (Å²) in [4.78, 5) is 13.1. The van der Waals surface area contributed by atoms with Gasteiger partial charge in [-0.3, -0.25) is 4.79 Å². The Morgan fingerprint density at radius 3 is 2.91 bits per heavy atom. The van der Waals surface area contributed by atoms with Gasteiger partial charge in [-0.25, -0.2) is 4.39 Å². The lowest BCUT2D eigenvalue weighted by atomic mass is 9.84. The maximum Gasteiger partial charge on any atom is 0.263 e. The van der Waals surface area contributed by atoms with Crippen LogP contribution in [-0.4, -0.2) is 11.9 Å². The highest BCUT2D eigenvalue weighted by atomic mass is 35.5. The van der Waals surface area contributed by atoms with E-state index in [-0.39, 0.29) is 17.8 Å². The first-order valence-electron chi connectivity index (χ1n) is 8.21. The second kappa shape index (κ2) is 5.75. The van der Waals surface area contributed by atoms with Gasteiger partial charge in [0.15, 0.2) is 0 Å². The second-order valence-electron chi connectivity index (χ2n) is 6.99. The van der Waals surface area contributed by atoms with Gasteiger partial charge in [0.1, 0.15) is 10.7 Å². The molecule has 23 heavy (non-hydrogen) atoms. The van der Waals surface area contributed by atoms with Crippen LogP contribution in [0.4, 0.5) is 4.39 Å². The minimum atomic E-state index is -0.308. The molecule has 4 rings (SSSR count). The molecule has 0 unspecified atom stereocenters. The van der Waals surface area contributed by atoms with Gasteiger partial charge in [0.2, 0.25) is 0 Å². The van der Waals surface area contributed by atoms with Gasteiger partial charge in [-0.1, -0.05) is 18.0 Å². The molecule has 0 saturated heterocycles. The molecule has 1 heterocycles. The highest BCUT2D eigenvalue weighted by Gasteiger charge is 2.42. The molecule has 122 valence electrons. The van der Waals surface area contributed by atoms with E-state index in [1.165, 1.54) is 49.2 Å². The number of thiophene rings is 1. The van der Waals surface area contributed by atoms with Gasteiger partial charge >= 0.3 is 0 Å². The summed E-state index contributed by atoms with van der Waals surface area (Å²) >= 11 is 7.60. The molecule has 0 spiro atoms. The zero-order chi connectivity index (χ0) is 16.1. The number of hydrogen-bond donors (Lipinski definition) is 1. The van der Waals surface area contributed by atoms with Crippen LogP contribution in [0.1, 0.15) is 42.3 Å². The van der Waals surface area contributed by atoms with Gasteiger partial charge < -0.3 is 5.32 Å². The van der Waals surface area contributed by atoms with Crippen molar-refractivity contribution in [3.63, 3.8) is 0 Å². The summed E-state index contributed by atoms with van der Waals surface area (Å²) in [7, 11) is 0. The van der Waals surface area contributed by atoms with Gasteiger partial charge in [-0.15, -0.1) is 11.3 Å². The van der Waals surface area contributed by atoms with Crippen molar-refractivity contribution in [2.24, 2.45) is 17.8 Å². The largest absolute Gasteiger partial charge is 0.349 e. The average molecular weight is 352 g/mol. The molecule has 0 radical (unpaired) electrons. The summed E-state index contributed by atoms with van der Waals surface area (Å²) in [6.45, 7) is 2.10. The van der Waals surface area contributed by atoms with Crippen LogP contribution >= 0.6 is 22.9 Å². The van der Waals surface area contributed by atoms with Gasteiger partial charge in [0.05, 0.1) is 5.02 Å². The third-order valence-corrected chi connectivity index (χ3v) is 7.25. The Morgan fingerprint density at radius 1 is 1.39 bits per heavy atom. The first-order valence-corrected chi connectivity index (χ1v) is 9.41. The van der Waals surface area contributed by atoms with Gasteiger partial charge in [0, 0.05) is 16.1 Å². The fourth-order valence-corrected chi connectivity index (χ4v) is 5.92. The van der Waals surface area contributed by atoms with E-state index < -0.39 is 0 Å². The summed E-state index contributed by atoms with van der Waals surface area (Å²) in [5, 5.41) is 4.31. The standard InChI is InChI=1S/C18H19ClFNOS/c1-9(14-7-10-2-3-11(14)6-10)21-18(22)17-16(19)13-5-4-12(20)8-15(13)23-17/h4-5,8-11,14H,2-3,6-7H2,1H3,(H,21,22)/t9-,10+,11+,14+/m1/s1. The Bertz CT molecular complexity index is 774. The first-order chi connectivity index (χ1) is 11.0. The van der Waals surface area contributed by atoms with Crippen molar-refractivity contribution in [1.29, 1.82) is 0 Å². The SMILES string of the molecule is C[C@@H](NC(=O)c1sc2cc(F)ccc2c1Cl)[C@@H]1C[C@H]2CC[C@H]1C2. The Kier molecular flexibility index (Phi) is 3.85. The third-order valence-electron chi connectivity index (χ3n) is 5.59. The fraction of sp³-hybridized carbons (Fsp3) is 0.500. The summed E-state index contributed by atoms with van der Waals surface area (Å²) < 4.78 is 14.1. The molecule has 0 aliphatic heterocycles. The van der Waals surface area contributed by atoms with Crippen LogP contribution in [0.2, 0.25) is 5.02 Å². The van der Waals surface area contributed by atoms with E-state index >= 15 is 0 Å². The van der Waals surface area contributed by atoms with Crippen LogP contribution in [0.5, 0.6) is 0 Å². The molecule has 1 amide bonds. The van der Waals surface area contributed by atoms with Gasteiger partial charge in [-0.05, 0) is 62.1 Å². The van der Waals surface area contributed by atoms with Crippen molar-refractivity contribution in [2.75, 3.05) is 0 Å². The lowest BCUT2D eigenvalue weighted by molar-refractivity contribution is 0.0919. The first kappa shape index (κ1) is 15.4. The molecule has 2 aliphatic carbocycles. The molecule has 2 bridgehead atoms. The van der Waals surface area contributed by atoms with E-state index in [1.54, 1.807) is 6.07 Å². The average Bonchev–Trinajstić information content (AvgIpc) is 3.21. The molecular formula is C18H19ClFNOS. The highest BCUT2D eigenvalue weighted by Crippen LogP contribution is 2.49. The molecule has 2 fully saturated rings. The highest BCUT2D eigenvalue weighted by molar-refractivity contribution is 7.21. The number of carbonyl (C=O) groups excluding carboxylic acids is 1. The number of rotatable bonds is 3. The van der Waals surface area contributed by atoms with Crippen LogP contribution in [0.15, 0.2) is 18.2 Å². The van der Waals surface area contributed by atoms with Crippen molar-refractivity contribution >= 4 is 38.9 Å². The monoisotopic (exact) mass is 351 g/mol. The third kappa shape index (κ3) is 2.66. The Labute approximate surface area is 144 Å². The molecule has 2 saturated carbocycles. The minimum absolute atomic E-state index is 0.133. The number of fused-ring (bicyclic) bond motifs is 3. The zero-order valence-corrected chi connectivity index (χ0v) is 14.5. The molecule has 2 aromatic rings. The predicted molar refractivity (Wildman–Crippen MR) is 92.7 cm³/mol. The second-order valence-corrected chi connectivity index (χ2v) is 8.42. The van der Waals surface area contributed by atoms with Crippen LogP contribution in [0, 0.1) is 23.6 Å². The Morgan fingerprint density at radius 2 is 2.22 bits per heavy atom. The van der Waals surface area contributed by atoms with Crippen LogP contribution in [0.3, 0.4) is 0 Å². The normalized spacial score (nSPS) is 27.5. The lowest BCUT2D eigenvalue weighted by Gasteiger charge is -2.28. The summed E-state index contributed by atoms with van der Waals surface area (Å²) in [5.74, 6) is 1.77. The Hall–Kier alpha value is -1.13. The van der Waals surface area contributed by atoms with Gasteiger partial charge in [-0.2, -0.15) is 0 Å². The fourth-order valence-electron chi connectivity index (χ4n) is 4.47. The van der Waals surface area contributed by atoms with E-state index in [4.69, 9.17) is 11.6 Å². The predicted octanol–water partition coefficient (Wildman–Crippen LogP) is 5.25. The lowest BCUT2D eigenvalue weighted by Crippen LogP contribution is -2.39. The maximum absolute atomic E-state index is 13.3. The van der Waals surface area contributed by atoms with E-state index in [9.17, 15) is 9.18 Å². The maximum atomic E-state index is 13.3. The molecular weight excluding hydrogens is 333 g/mol. The van der Waals surface area contributed by atoms with Crippen molar-refractivity contribution < 1.29 is 9.18 Å². The number of carbonyl (C=O) groups is 1. The Balaban J connectivity index is 1.54. The number of amides is 1. The molecule has 2 nitrogen and oxygen atoms in total. The zero-order valence-electron chi connectivity index (χ0n) is 12.9. The molecule has 1 aromatic carbocycles.